The fraction of sp³-hybridized carbons (Fsp3) is 0.211. The summed E-state index contributed by atoms with van der Waals surface area (Å²) >= 11 is 0. The Hall–Kier alpha value is -2.39. The van der Waals surface area contributed by atoms with Crippen LogP contribution in [0.2, 0.25) is 0 Å². The molecule has 1 fully saturated rings. The van der Waals surface area contributed by atoms with Crippen LogP contribution in [-0.4, -0.2) is 32.0 Å². The van der Waals surface area contributed by atoms with Crippen LogP contribution in [0.5, 0.6) is 0 Å². The van der Waals surface area contributed by atoms with Gasteiger partial charge in [0.1, 0.15) is 0 Å². The normalized spacial score (nSPS) is 15.2. The summed E-state index contributed by atoms with van der Waals surface area (Å²) in [6.07, 6.45) is 3.51. The van der Waals surface area contributed by atoms with Crippen molar-refractivity contribution in [3.63, 3.8) is 0 Å². The van der Waals surface area contributed by atoms with Gasteiger partial charge in [-0.15, -0.1) is 0 Å². The van der Waals surface area contributed by atoms with Gasteiger partial charge < -0.3 is 10.2 Å². The molecule has 0 aliphatic carbocycles. The van der Waals surface area contributed by atoms with E-state index in [2.05, 4.69) is 34.5 Å². The summed E-state index contributed by atoms with van der Waals surface area (Å²) in [7, 11) is 0. The van der Waals surface area contributed by atoms with Crippen molar-refractivity contribution in [1.82, 2.24) is 5.32 Å². The van der Waals surface area contributed by atoms with E-state index in [1.807, 2.05) is 36.4 Å². The largest absolute Gasteiger partial charge is 0.369 e. The lowest BCUT2D eigenvalue weighted by molar-refractivity contribution is 0.104. The molecule has 3 rings (SSSR count). The van der Waals surface area contributed by atoms with E-state index in [0.717, 1.165) is 37.3 Å². The topological polar surface area (TPSA) is 32.3 Å². The smallest absolute Gasteiger partial charge is 0.185 e. The average molecular weight is 292 g/mol. The molecule has 0 aromatic heterocycles. The first-order chi connectivity index (χ1) is 10.8. The van der Waals surface area contributed by atoms with Gasteiger partial charge in [-0.1, -0.05) is 48.5 Å². The van der Waals surface area contributed by atoms with Gasteiger partial charge >= 0.3 is 0 Å². The molecule has 2 aromatic carbocycles. The highest BCUT2D eigenvalue weighted by Gasteiger charge is 2.09. The highest BCUT2D eigenvalue weighted by atomic mass is 16.1. The lowest BCUT2D eigenvalue weighted by Gasteiger charge is -2.29. The van der Waals surface area contributed by atoms with E-state index >= 15 is 0 Å². The maximum absolute atomic E-state index is 12.0. The van der Waals surface area contributed by atoms with Gasteiger partial charge in [0.15, 0.2) is 5.78 Å². The van der Waals surface area contributed by atoms with Gasteiger partial charge in [-0.3, -0.25) is 4.79 Å². The van der Waals surface area contributed by atoms with E-state index in [9.17, 15) is 4.79 Å². The molecule has 0 saturated carbocycles. The number of rotatable bonds is 4. The van der Waals surface area contributed by atoms with Gasteiger partial charge in [0, 0.05) is 37.4 Å². The highest BCUT2D eigenvalue weighted by Crippen LogP contribution is 2.16. The van der Waals surface area contributed by atoms with Gasteiger partial charge in [-0.25, -0.2) is 0 Å². The molecule has 0 spiro atoms. The van der Waals surface area contributed by atoms with Crippen LogP contribution in [0.25, 0.3) is 6.08 Å². The van der Waals surface area contributed by atoms with Crippen molar-refractivity contribution >= 4 is 17.5 Å². The van der Waals surface area contributed by atoms with Crippen molar-refractivity contribution in [2.75, 3.05) is 31.1 Å². The molecule has 0 radical (unpaired) electrons. The third-order valence-electron chi connectivity index (χ3n) is 3.86. The molecule has 1 aliphatic rings. The summed E-state index contributed by atoms with van der Waals surface area (Å²) in [5, 5.41) is 3.35. The summed E-state index contributed by atoms with van der Waals surface area (Å²) < 4.78 is 0. The molecule has 1 aliphatic heterocycles. The number of hydrogen-bond donors (Lipinski definition) is 1. The quantitative estimate of drug-likeness (QED) is 0.694. The fourth-order valence-electron chi connectivity index (χ4n) is 2.59. The van der Waals surface area contributed by atoms with E-state index in [4.69, 9.17) is 0 Å². The Morgan fingerprint density at radius 3 is 2.32 bits per heavy atom. The summed E-state index contributed by atoms with van der Waals surface area (Å²) in [5.41, 5.74) is 3.01. The van der Waals surface area contributed by atoms with E-state index in [1.54, 1.807) is 6.08 Å². The van der Waals surface area contributed by atoms with Gasteiger partial charge in [0.2, 0.25) is 0 Å². The van der Waals surface area contributed by atoms with Crippen LogP contribution in [-0.2, 0) is 0 Å². The summed E-state index contributed by atoms with van der Waals surface area (Å²) in [6.45, 7) is 4.16. The van der Waals surface area contributed by atoms with Crippen LogP contribution in [0, 0.1) is 0 Å². The third-order valence-corrected chi connectivity index (χ3v) is 3.86. The number of hydrogen-bond acceptors (Lipinski definition) is 3. The SMILES string of the molecule is O=C(/C=C/c1ccc(N2CCNCC2)cc1)c1ccccc1. The Bertz CT molecular complexity index is 641. The minimum absolute atomic E-state index is 0.0341. The predicted molar refractivity (Wildman–Crippen MR) is 91.3 cm³/mol. The van der Waals surface area contributed by atoms with Crippen LogP contribution in [0.1, 0.15) is 15.9 Å². The van der Waals surface area contributed by atoms with E-state index in [-0.39, 0.29) is 5.78 Å². The van der Waals surface area contributed by atoms with Crippen molar-refractivity contribution in [2.24, 2.45) is 0 Å². The zero-order chi connectivity index (χ0) is 15.2. The number of benzene rings is 2. The fourth-order valence-corrected chi connectivity index (χ4v) is 2.59. The van der Waals surface area contributed by atoms with Crippen LogP contribution in [0.15, 0.2) is 60.7 Å². The van der Waals surface area contributed by atoms with Crippen LogP contribution in [0.4, 0.5) is 5.69 Å². The van der Waals surface area contributed by atoms with Crippen LogP contribution >= 0.6 is 0 Å². The Balaban J connectivity index is 1.65. The van der Waals surface area contributed by atoms with E-state index < -0.39 is 0 Å². The van der Waals surface area contributed by atoms with Crippen molar-refractivity contribution in [3.8, 4) is 0 Å². The van der Waals surface area contributed by atoms with Crippen molar-refractivity contribution < 1.29 is 4.79 Å². The zero-order valence-corrected chi connectivity index (χ0v) is 12.5. The molecule has 1 saturated heterocycles. The number of piperazine rings is 1. The molecule has 1 N–H and O–H groups in total. The predicted octanol–water partition coefficient (Wildman–Crippen LogP) is 2.99. The third kappa shape index (κ3) is 3.62. The maximum Gasteiger partial charge on any atom is 0.185 e. The Morgan fingerprint density at radius 1 is 0.955 bits per heavy atom. The number of nitrogens with zero attached hydrogens (tertiary/aromatic N) is 1. The van der Waals surface area contributed by atoms with Crippen LogP contribution < -0.4 is 10.2 Å². The van der Waals surface area contributed by atoms with E-state index in [1.165, 1.54) is 5.69 Å². The molecule has 0 unspecified atom stereocenters. The van der Waals surface area contributed by atoms with Crippen molar-refractivity contribution in [3.05, 3.63) is 71.8 Å². The number of ketones is 1. The van der Waals surface area contributed by atoms with Gasteiger partial charge in [0.25, 0.3) is 0 Å². The molecule has 3 heteroatoms. The molecule has 0 amide bonds. The molecule has 22 heavy (non-hydrogen) atoms. The second-order valence-corrected chi connectivity index (χ2v) is 5.39. The lowest BCUT2D eigenvalue weighted by Crippen LogP contribution is -2.43. The first-order valence-electron chi connectivity index (χ1n) is 7.66. The van der Waals surface area contributed by atoms with Crippen molar-refractivity contribution in [1.29, 1.82) is 0 Å². The lowest BCUT2D eigenvalue weighted by atomic mass is 10.1. The summed E-state index contributed by atoms with van der Waals surface area (Å²) in [4.78, 5) is 14.4. The Morgan fingerprint density at radius 2 is 1.64 bits per heavy atom. The standard InChI is InChI=1S/C19H20N2O/c22-19(17-4-2-1-3-5-17)11-8-16-6-9-18(10-7-16)21-14-12-20-13-15-21/h1-11,20H,12-15H2/b11-8+. The number of carbonyl (C=O) groups excluding carboxylic acids is 1. The number of nitrogens with one attached hydrogen (secondary N) is 1. The first kappa shape index (κ1) is 14.5. The van der Waals surface area contributed by atoms with Crippen molar-refractivity contribution in [2.45, 2.75) is 0 Å². The second kappa shape index (κ2) is 7.05. The van der Waals surface area contributed by atoms with Gasteiger partial charge in [-0.05, 0) is 23.8 Å². The molecule has 112 valence electrons. The summed E-state index contributed by atoms with van der Waals surface area (Å²) in [6, 6.07) is 17.7. The molecule has 0 bridgehead atoms. The van der Waals surface area contributed by atoms with Gasteiger partial charge in [0.05, 0.1) is 0 Å². The molecular formula is C19H20N2O. The minimum atomic E-state index is 0.0341. The Labute approximate surface area is 131 Å². The molecule has 2 aromatic rings. The molecule has 1 heterocycles. The molecule has 3 nitrogen and oxygen atoms in total. The molecular weight excluding hydrogens is 272 g/mol. The number of allylic oxidation sites excluding steroid dienone is 1. The Kier molecular flexibility index (Phi) is 4.66. The molecule has 0 atom stereocenters. The van der Waals surface area contributed by atoms with Gasteiger partial charge in [-0.2, -0.15) is 0 Å². The second-order valence-electron chi connectivity index (χ2n) is 5.39. The number of carbonyl (C=O) groups is 1. The van der Waals surface area contributed by atoms with Crippen LogP contribution in [0.3, 0.4) is 0 Å². The highest BCUT2D eigenvalue weighted by molar-refractivity contribution is 6.06. The minimum Gasteiger partial charge on any atom is -0.369 e. The zero-order valence-electron chi connectivity index (χ0n) is 12.5. The van der Waals surface area contributed by atoms with E-state index in [0.29, 0.717) is 0 Å². The summed E-state index contributed by atoms with van der Waals surface area (Å²) in [5.74, 6) is 0.0341. The monoisotopic (exact) mass is 292 g/mol. The number of anilines is 1. The average Bonchev–Trinajstić information content (AvgIpc) is 2.61. The first-order valence-corrected chi connectivity index (χ1v) is 7.66. The maximum atomic E-state index is 12.0.